The van der Waals surface area contributed by atoms with Gasteiger partial charge in [-0.3, -0.25) is 4.99 Å². The average Bonchev–Trinajstić information content (AvgIpc) is 2.73. The zero-order valence-electron chi connectivity index (χ0n) is 10.8. The topological polar surface area (TPSA) is 36.9 Å². The van der Waals surface area contributed by atoms with Crippen LogP contribution in [0, 0.1) is 6.92 Å². The van der Waals surface area contributed by atoms with Crippen molar-refractivity contribution < 1.29 is 4.74 Å². The number of hydrogen-bond acceptors (Lipinski definition) is 4. The molecule has 2 rings (SSSR count). The number of aryl methyl sites for hydroxylation is 1. The molecule has 0 amide bonds. The highest BCUT2D eigenvalue weighted by Crippen LogP contribution is 2.15. The summed E-state index contributed by atoms with van der Waals surface area (Å²) in [6.07, 6.45) is 0. The van der Waals surface area contributed by atoms with Gasteiger partial charge >= 0.3 is 0 Å². The minimum atomic E-state index is 0. The minimum Gasteiger partial charge on any atom is -0.491 e. The maximum atomic E-state index is 5.70. The lowest BCUT2D eigenvalue weighted by atomic mass is 10.2. The molecular weight excluding hydrogens is 341 g/mol. The van der Waals surface area contributed by atoms with Gasteiger partial charge in [0.05, 0.1) is 13.1 Å². The molecule has 0 spiro atoms. The summed E-state index contributed by atoms with van der Waals surface area (Å²) in [5.74, 6) is 1.93. The lowest BCUT2D eigenvalue weighted by Gasteiger charge is -2.15. The van der Waals surface area contributed by atoms with Gasteiger partial charge in [-0.15, -0.1) is 24.0 Å². The Hall–Kier alpha value is -0.980. The molecule has 1 aromatic carbocycles. The lowest BCUT2D eigenvalue weighted by Crippen LogP contribution is -2.37. The Balaban J connectivity index is 0.00000162. The molecule has 1 aliphatic heterocycles. The average molecular weight is 361 g/mol. The molecule has 0 saturated heterocycles. The number of guanidine groups is 1. The Kier molecular flexibility index (Phi) is 6.24. The fraction of sp³-hybridized carbons (Fsp3) is 0.462. The van der Waals surface area contributed by atoms with Gasteiger partial charge < -0.3 is 15.0 Å². The normalized spacial score (nSPS) is 13.9. The first-order valence-electron chi connectivity index (χ1n) is 5.95. The van der Waals surface area contributed by atoms with E-state index in [1.807, 2.05) is 25.2 Å². The summed E-state index contributed by atoms with van der Waals surface area (Å²) in [7, 11) is 2.04. The molecule has 0 aromatic heterocycles. The molecular formula is C13H20IN3O. The van der Waals surface area contributed by atoms with Crippen molar-refractivity contribution in [2.45, 2.75) is 6.92 Å². The fourth-order valence-electron chi connectivity index (χ4n) is 1.77. The predicted molar refractivity (Wildman–Crippen MR) is 85.0 cm³/mol. The van der Waals surface area contributed by atoms with Crippen LogP contribution in [-0.4, -0.2) is 44.1 Å². The highest BCUT2D eigenvalue weighted by atomic mass is 127. The molecule has 0 atom stereocenters. The third-order valence-electron chi connectivity index (χ3n) is 2.79. The van der Waals surface area contributed by atoms with Crippen LogP contribution in [0.25, 0.3) is 0 Å². The first-order valence-corrected chi connectivity index (χ1v) is 5.95. The van der Waals surface area contributed by atoms with E-state index in [1.165, 1.54) is 5.56 Å². The predicted octanol–water partition coefficient (Wildman–Crippen LogP) is 1.88. The number of aliphatic imine (C=N–C) groups is 1. The largest absolute Gasteiger partial charge is 0.491 e. The molecule has 1 aromatic rings. The monoisotopic (exact) mass is 361 g/mol. The second kappa shape index (κ2) is 7.45. The summed E-state index contributed by atoms with van der Waals surface area (Å²) in [5.41, 5.74) is 1.17. The highest BCUT2D eigenvalue weighted by Gasteiger charge is 2.10. The van der Waals surface area contributed by atoms with Crippen molar-refractivity contribution in [3.05, 3.63) is 29.8 Å². The summed E-state index contributed by atoms with van der Waals surface area (Å²) in [6, 6.07) is 8.05. The van der Waals surface area contributed by atoms with E-state index >= 15 is 0 Å². The number of para-hydroxylation sites is 1. The quantitative estimate of drug-likeness (QED) is 0.657. The molecule has 18 heavy (non-hydrogen) atoms. The number of halogens is 1. The first-order chi connectivity index (χ1) is 8.27. The van der Waals surface area contributed by atoms with Crippen LogP contribution in [0.1, 0.15) is 5.56 Å². The van der Waals surface area contributed by atoms with Crippen LogP contribution in [0.2, 0.25) is 0 Å². The van der Waals surface area contributed by atoms with E-state index in [-0.39, 0.29) is 24.0 Å². The number of nitrogens with one attached hydrogen (secondary N) is 1. The second-order valence-electron chi connectivity index (χ2n) is 4.17. The van der Waals surface area contributed by atoms with Crippen molar-refractivity contribution in [3.8, 4) is 5.75 Å². The Labute approximate surface area is 125 Å². The molecule has 0 bridgehead atoms. The molecule has 0 fully saturated rings. The molecule has 5 heteroatoms. The smallest absolute Gasteiger partial charge is 0.193 e. The molecule has 0 unspecified atom stereocenters. The number of likely N-dealkylation sites (N-methyl/N-ethyl adjacent to an activating group) is 1. The molecule has 4 nitrogen and oxygen atoms in total. The van der Waals surface area contributed by atoms with Crippen LogP contribution >= 0.6 is 24.0 Å². The number of rotatable bonds is 4. The summed E-state index contributed by atoms with van der Waals surface area (Å²) < 4.78 is 5.70. The summed E-state index contributed by atoms with van der Waals surface area (Å²) in [6.45, 7) is 5.37. The van der Waals surface area contributed by atoms with Crippen molar-refractivity contribution >= 4 is 29.9 Å². The Bertz CT molecular complexity index is 409. The third-order valence-corrected chi connectivity index (χ3v) is 2.79. The van der Waals surface area contributed by atoms with Crippen LogP contribution < -0.4 is 10.1 Å². The van der Waals surface area contributed by atoms with E-state index < -0.39 is 0 Å². The van der Waals surface area contributed by atoms with E-state index in [0.29, 0.717) is 6.61 Å². The van der Waals surface area contributed by atoms with Crippen molar-refractivity contribution in [2.75, 3.05) is 33.3 Å². The Morgan fingerprint density at radius 1 is 1.39 bits per heavy atom. The van der Waals surface area contributed by atoms with Gasteiger partial charge in [0, 0.05) is 13.6 Å². The number of ether oxygens (including phenoxy) is 1. The van der Waals surface area contributed by atoms with Gasteiger partial charge in [-0.1, -0.05) is 18.2 Å². The molecule has 1 aliphatic rings. The van der Waals surface area contributed by atoms with Crippen molar-refractivity contribution in [1.29, 1.82) is 0 Å². The first kappa shape index (κ1) is 15.1. The number of benzene rings is 1. The van der Waals surface area contributed by atoms with Gasteiger partial charge in [0.1, 0.15) is 12.4 Å². The maximum absolute atomic E-state index is 5.70. The highest BCUT2D eigenvalue weighted by molar-refractivity contribution is 14.0. The van der Waals surface area contributed by atoms with Crippen molar-refractivity contribution in [2.24, 2.45) is 4.99 Å². The van der Waals surface area contributed by atoms with E-state index in [2.05, 4.69) is 28.2 Å². The van der Waals surface area contributed by atoms with Gasteiger partial charge in [-0.25, -0.2) is 0 Å². The summed E-state index contributed by atoms with van der Waals surface area (Å²) in [4.78, 5) is 6.47. The van der Waals surface area contributed by atoms with E-state index in [1.54, 1.807) is 0 Å². The Morgan fingerprint density at radius 2 is 2.17 bits per heavy atom. The van der Waals surface area contributed by atoms with Gasteiger partial charge in [0.25, 0.3) is 0 Å². The van der Waals surface area contributed by atoms with Crippen LogP contribution in [-0.2, 0) is 0 Å². The van der Waals surface area contributed by atoms with Crippen molar-refractivity contribution in [3.63, 3.8) is 0 Å². The molecule has 100 valence electrons. The summed E-state index contributed by atoms with van der Waals surface area (Å²) in [5, 5.41) is 3.27. The molecule has 1 N–H and O–H groups in total. The lowest BCUT2D eigenvalue weighted by molar-refractivity contribution is 0.318. The van der Waals surface area contributed by atoms with E-state index in [9.17, 15) is 0 Å². The zero-order valence-corrected chi connectivity index (χ0v) is 13.2. The van der Waals surface area contributed by atoms with Crippen molar-refractivity contribution in [1.82, 2.24) is 10.2 Å². The van der Waals surface area contributed by atoms with Gasteiger partial charge in [-0.05, 0) is 18.6 Å². The fourth-order valence-corrected chi connectivity index (χ4v) is 1.77. The number of nitrogens with zero attached hydrogens (tertiary/aromatic N) is 2. The Morgan fingerprint density at radius 3 is 2.83 bits per heavy atom. The van der Waals surface area contributed by atoms with Crippen LogP contribution in [0.5, 0.6) is 5.75 Å². The van der Waals surface area contributed by atoms with Crippen LogP contribution in [0.3, 0.4) is 0 Å². The van der Waals surface area contributed by atoms with Gasteiger partial charge in [0.2, 0.25) is 0 Å². The standard InChI is InChI=1S/C13H19N3O.HI/c1-11-5-3-4-6-12(11)17-10-8-15-13-14-7-9-16(13)2;/h3-6H,7-10H2,1-2H3,(H,14,15);1H. The SMILES string of the molecule is Cc1ccccc1OCCNC1=NCCN1C.I. The van der Waals surface area contributed by atoms with Gasteiger partial charge in [-0.2, -0.15) is 0 Å². The minimum absolute atomic E-state index is 0. The van der Waals surface area contributed by atoms with Crippen LogP contribution in [0.4, 0.5) is 0 Å². The molecule has 0 aliphatic carbocycles. The van der Waals surface area contributed by atoms with E-state index in [4.69, 9.17) is 4.74 Å². The molecule has 1 heterocycles. The van der Waals surface area contributed by atoms with Gasteiger partial charge in [0.15, 0.2) is 5.96 Å². The zero-order chi connectivity index (χ0) is 12.1. The summed E-state index contributed by atoms with van der Waals surface area (Å²) >= 11 is 0. The molecule has 0 radical (unpaired) electrons. The maximum Gasteiger partial charge on any atom is 0.193 e. The molecule has 0 saturated carbocycles. The third kappa shape index (κ3) is 4.04. The van der Waals surface area contributed by atoms with E-state index in [0.717, 1.165) is 31.3 Å². The second-order valence-corrected chi connectivity index (χ2v) is 4.17. The van der Waals surface area contributed by atoms with Crippen LogP contribution in [0.15, 0.2) is 29.3 Å². The number of hydrogen-bond donors (Lipinski definition) is 1.